The molecule has 0 radical (unpaired) electrons. The molecule has 0 aromatic carbocycles. The van der Waals surface area contributed by atoms with Crippen LogP contribution in [-0.4, -0.2) is 43.6 Å². The summed E-state index contributed by atoms with van der Waals surface area (Å²) in [5, 5.41) is 0. The number of thioether (sulfide) groups is 1. The Labute approximate surface area is 87.2 Å². The van der Waals surface area contributed by atoms with Crippen LogP contribution in [0.25, 0.3) is 0 Å². The third kappa shape index (κ3) is 7.35. The first kappa shape index (κ1) is 13.3. The van der Waals surface area contributed by atoms with E-state index in [0.717, 1.165) is 12.5 Å². The van der Waals surface area contributed by atoms with Gasteiger partial charge < -0.3 is 10.6 Å². The normalized spacial score (nSPS) is 13.6. The van der Waals surface area contributed by atoms with Gasteiger partial charge in [-0.15, -0.1) is 0 Å². The summed E-state index contributed by atoms with van der Waals surface area (Å²) < 4.78 is 0. The van der Waals surface area contributed by atoms with Gasteiger partial charge in [-0.1, -0.05) is 13.3 Å². The number of hydrogen-bond donors (Lipinski definition) is 1. The maximum absolute atomic E-state index is 5.65. The topological polar surface area (TPSA) is 29.3 Å². The van der Waals surface area contributed by atoms with Crippen molar-refractivity contribution in [3.8, 4) is 0 Å². The molecule has 0 aromatic heterocycles. The molecule has 0 bridgehead atoms. The molecule has 0 aliphatic carbocycles. The summed E-state index contributed by atoms with van der Waals surface area (Å²) in [5.74, 6) is 1.95. The fourth-order valence-corrected chi connectivity index (χ4v) is 1.74. The fourth-order valence-electron chi connectivity index (χ4n) is 1.25. The van der Waals surface area contributed by atoms with Crippen LogP contribution >= 0.6 is 11.8 Å². The fraction of sp³-hybridized carbons (Fsp3) is 1.00. The second-order valence-electron chi connectivity index (χ2n) is 3.59. The van der Waals surface area contributed by atoms with Crippen molar-refractivity contribution in [1.82, 2.24) is 4.90 Å². The summed E-state index contributed by atoms with van der Waals surface area (Å²) >= 11 is 1.91. The molecule has 80 valence electrons. The zero-order chi connectivity index (χ0) is 10.1. The molecule has 0 rings (SSSR count). The smallest absolute Gasteiger partial charge is 0.00692 e. The molecule has 13 heavy (non-hydrogen) atoms. The predicted octanol–water partition coefficient (Wildman–Crippen LogP) is 1.66. The molecule has 0 aromatic rings. The molecule has 2 N–H and O–H groups in total. The van der Waals surface area contributed by atoms with E-state index in [4.69, 9.17) is 5.73 Å². The number of rotatable bonds is 8. The zero-order valence-electron chi connectivity index (χ0n) is 9.25. The third-order valence-corrected chi connectivity index (χ3v) is 3.10. The molecule has 3 heteroatoms. The van der Waals surface area contributed by atoms with E-state index in [0.29, 0.717) is 0 Å². The van der Waals surface area contributed by atoms with Crippen molar-refractivity contribution >= 4 is 11.8 Å². The van der Waals surface area contributed by atoms with Crippen molar-refractivity contribution in [2.45, 2.75) is 19.8 Å². The molecular formula is C10H24N2S. The molecule has 0 aliphatic rings. The SMILES string of the molecule is CCC(CN)CCN(C)CCSC. The Morgan fingerprint density at radius 2 is 2.08 bits per heavy atom. The molecule has 0 heterocycles. The number of nitrogens with two attached hydrogens (primary N) is 1. The van der Waals surface area contributed by atoms with Crippen LogP contribution < -0.4 is 5.73 Å². The molecule has 1 unspecified atom stereocenters. The monoisotopic (exact) mass is 204 g/mol. The lowest BCUT2D eigenvalue weighted by molar-refractivity contribution is 0.313. The lowest BCUT2D eigenvalue weighted by Crippen LogP contribution is -2.26. The van der Waals surface area contributed by atoms with Crippen molar-refractivity contribution < 1.29 is 0 Å². The van der Waals surface area contributed by atoms with E-state index in [-0.39, 0.29) is 0 Å². The van der Waals surface area contributed by atoms with Gasteiger partial charge in [0.2, 0.25) is 0 Å². The molecule has 1 atom stereocenters. The molecular weight excluding hydrogens is 180 g/mol. The van der Waals surface area contributed by atoms with Crippen molar-refractivity contribution in [2.24, 2.45) is 11.7 Å². The van der Waals surface area contributed by atoms with Gasteiger partial charge in [-0.05, 0) is 38.7 Å². The second kappa shape index (κ2) is 8.85. The summed E-state index contributed by atoms with van der Waals surface area (Å²) in [7, 11) is 2.19. The summed E-state index contributed by atoms with van der Waals surface area (Å²) in [6.45, 7) is 5.45. The van der Waals surface area contributed by atoms with Gasteiger partial charge in [0, 0.05) is 12.3 Å². The van der Waals surface area contributed by atoms with E-state index in [1.165, 1.54) is 31.7 Å². The minimum absolute atomic E-state index is 0.719. The Hall–Kier alpha value is 0.270. The standard InChI is InChI=1S/C10H24N2S/c1-4-10(9-11)5-6-12(2)7-8-13-3/h10H,4-9,11H2,1-3H3. The Morgan fingerprint density at radius 3 is 2.54 bits per heavy atom. The molecule has 0 spiro atoms. The first-order valence-corrected chi connectivity index (χ1v) is 6.51. The Bertz CT molecular complexity index is 105. The van der Waals surface area contributed by atoms with Gasteiger partial charge in [0.15, 0.2) is 0 Å². The van der Waals surface area contributed by atoms with Crippen LogP contribution in [0.4, 0.5) is 0 Å². The van der Waals surface area contributed by atoms with Gasteiger partial charge in [-0.25, -0.2) is 0 Å². The van der Waals surface area contributed by atoms with E-state index in [1.54, 1.807) is 0 Å². The average molecular weight is 204 g/mol. The summed E-state index contributed by atoms with van der Waals surface area (Å²) in [4.78, 5) is 2.40. The van der Waals surface area contributed by atoms with E-state index in [9.17, 15) is 0 Å². The number of hydrogen-bond acceptors (Lipinski definition) is 3. The Morgan fingerprint density at radius 1 is 1.38 bits per heavy atom. The summed E-state index contributed by atoms with van der Waals surface area (Å²) in [5.41, 5.74) is 5.65. The lowest BCUT2D eigenvalue weighted by atomic mass is 10.0. The van der Waals surface area contributed by atoms with Gasteiger partial charge >= 0.3 is 0 Å². The highest BCUT2D eigenvalue weighted by atomic mass is 32.2. The molecule has 0 saturated carbocycles. The predicted molar refractivity (Wildman–Crippen MR) is 63.3 cm³/mol. The van der Waals surface area contributed by atoms with Crippen molar-refractivity contribution in [2.75, 3.05) is 38.7 Å². The van der Waals surface area contributed by atoms with Crippen LogP contribution in [0.2, 0.25) is 0 Å². The Kier molecular flexibility index (Phi) is 9.03. The van der Waals surface area contributed by atoms with Crippen LogP contribution in [0, 0.1) is 5.92 Å². The number of nitrogens with zero attached hydrogens (tertiary/aromatic N) is 1. The van der Waals surface area contributed by atoms with Crippen molar-refractivity contribution in [3.05, 3.63) is 0 Å². The Balaban J connectivity index is 3.38. The molecule has 0 saturated heterocycles. The van der Waals surface area contributed by atoms with E-state index in [1.807, 2.05) is 11.8 Å². The lowest BCUT2D eigenvalue weighted by Gasteiger charge is -2.19. The minimum atomic E-state index is 0.719. The van der Waals surface area contributed by atoms with Crippen molar-refractivity contribution in [3.63, 3.8) is 0 Å². The first-order valence-electron chi connectivity index (χ1n) is 5.12. The third-order valence-electron chi connectivity index (χ3n) is 2.51. The highest BCUT2D eigenvalue weighted by Gasteiger charge is 2.05. The first-order chi connectivity index (χ1) is 6.24. The molecule has 0 aliphatic heterocycles. The van der Waals surface area contributed by atoms with Gasteiger partial charge in [-0.2, -0.15) is 11.8 Å². The zero-order valence-corrected chi connectivity index (χ0v) is 10.1. The minimum Gasteiger partial charge on any atom is -0.330 e. The van der Waals surface area contributed by atoms with E-state index < -0.39 is 0 Å². The second-order valence-corrected chi connectivity index (χ2v) is 4.58. The van der Waals surface area contributed by atoms with Crippen molar-refractivity contribution in [1.29, 1.82) is 0 Å². The van der Waals surface area contributed by atoms with E-state index >= 15 is 0 Å². The highest BCUT2D eigenvalue weighted by molar-refractivity contribution is 7.98. The molecule has 2 nitrogen and oxygen atoms in total. The van der Waals surface area contributed by atoms with Gasteiger partial charge in [0.25, 0.3) is 0 Å². The van der Waals surface area contributed by atoms with Crippen LogP contribution in [0.15, 0.2) is 0 Å². The highest BCUT2D eigenvalue weighted by Crippen LogP contribution is 2.06. The van der Waals surface area contributed by atoms with Crippen LogP contribution in [-0.2, 0) is 0 Å². The van der Waals surface area contributed by atoms with E-state index in [2.05, 4.69) is 25.1 Å². The maximum Gasteiger partial charge on any atom is 0.00692 e. The summed E-state index contributed by atoms with van der Waals surface area (Å²) in [6.07, 6.45) is 4.62. The molecule has 0 amide bonds. The molecule has 0 fully saturated rings. The quantitative estimate of drug-likeness (QED) is 0.652. The summed E-state index contributed by atoms with van der Waals surface area (Å²) in [6, 6.07) is 0. The van der Waals surface area contributed by atoms with Crippen LogP contribution in [0.5, 0.6) is 0 Å². The van der Waals surface area contributed by atoms with Gasteiger partial charge in [0.05, 0.1) is 0 Å². The van der Waals surface area contributed by atoms with Gasteiger partial charge in [0.1, 0.15) is 0 Å². The van der Waals surface area contributed by atoms with Gasteiger partial charge in [-0.3, -0.25) is 0 Å². The largest absolute Gasteiger partial charge is 0.330 e. The maximum atomic E-state index is 5.65. The van der Waals surface area contributed by atoms with Crippen LogP contribution in [0.3, 0.4) is 0 Å². The van der Waals surface area contributed by atoms with Crippen LogP contribution in [0.1, 0.15) is 19.8 Å². The average Bonchev–Trinajstić information content (AvgIpc) is 2.16.